The van der Waals surface area contributed by atoms with E-state index in [0.29, 0.717) is 37.8 Å². The number of carboxylic acids is 1. The van der Waals surface area contributed by atoms with Gasteiger partial charge in [0.2, 0.25) is 0 Å². The van der Waals surface area contributed by atoms with Crippen LogP contribution in [-0.4, -0.2) is 68.9 Å². The largest absolute Gasteiger partial charge is 0.479 e. The van der Waals surface area contributed by atoms with E-state index in [4.69, 9.17) is 31.0 Å². The molecule has 2 heterocycles. The summed E-state index contributed by atoms with van der Waals surface area (Å²) in [7, 11) is -0.427. The Morgan fingerprint density at radius 2 is 1.73 bits per heavy atom. The Hall–Kier alpha value is -2.37. The number of benzene rings is 1. The Morgan fingerprint density at radius 1 is 1.11 bits per heavy atom. The first-order chi connectivity index (χ1) is 17.2. The summed E-state index contributed by atoms with van der Waals surface area (Å²) < 4.78 is 24.0. The molecule has 1 saturated carbocycles. The molecule has 1 aliphatic carbocycles. The van der Waals surface area contributed by atoms with E-state index in [1.807, 2.05) is 46.8 Å². The van der Waals surface area contributed by atoms with Crippen molar-refractivity contribution in [2.45, 2.75) is 95.9 Å². The second-order valence-electron chi connectivity index (χ2n) is 11.4. The van der Waals surface area contributed by atoms with Gasteiger partial charge >= 0.3 is 24.4 Å². The lowest BCUT2D eigenvalue weighted by atomic mass is 9.66. The van der Waals surface area contributed by atoms with Gasteiger partial charge in [0.1, 0.15) is 11.9 Å². The van der Waals surface area contributed by atoms with Crippen LogP contribution >= 0.6 is 12.2 Å². The van der Waals surface area contributed by atoms with Gasteiger partial charge in [-0.2, -0.15) is 0 Å². The van der Waals surface area contributed by atoms with Gasteiger partial charge in [-0.25, -0.2) is 9.59 Å². The summed E-state index contributed by atoms with van der Waals surface area (Å²) in [6, 6.07) is 7.29. The molecule has 2 saturated heterocycles. The number of rotatable bonds is 7. The number of thiocarbonyl (C=S) groups is 1. The third kappa shape index (κ3) is 4.70. The van der Waals surface area contributed by atoms with Crippen LogP contribution in [0.15, 0.2) is 24.3 Å². The minimum atomic E-state index is -1.60. The van der Waals surface area contributed by atoms with Crippen LogP contribution in [0.2, 0.25) is 6.32 Å². The number of amides is 1. The standard InChI is InChI=1S/C26H36BNO8S/c1-17-8-10-18(11-9-17)33-22(37)34-19-16-28(21(31)32)26(20(29)30)14-6-12-25(19,26)13-7-15-27-35-23(2,3)24(4,5)36-27/h8-11,19H,6-7,12-16H2,1-5H3,(H,29,30)(H,31,32)/t19?,25-,26-/m1/s1. The molecule has 2 aliphatic heterocycles. The maximum atomic E-state index is 12.8. The predicted octanol–water partition coefficient (Wildman–Crippen LogP) is 4.90. The van der Waals surface area contributed by atoms with Gasteiger partial charge in [0, 0.05) is 17.6 Å². The lowest BCUT2D eigenvalue weighted by molar-refractivity contribution is -0.155. The van der Waals surface area contributed by atoms with Gasteiger partial charge in [0.25, 0.3) is 0 Å². The second kappa shape index (κ2) is 9.74. The quantitative estimate of drug-likeness (QED) is 0.373. The average molecular weight is 533 g/mol. The van der Waals surface area contributed by atoms with Crippen molar-refractivity contribution in [2.75, 3.05) is 6.54 Å². The smallest absolute Gasteiger partial charge is 0.457 e. The van der Waals surface area contributed by atoms with Crippen LogP contribution in [0.4, 0.5) is 4.79 Å². The van der Waals surface area contributed by atoms with Gasteiger partial charge in [0.05, 0.1) is 17.7 Å². The van der Waals surface area contributed by atoms with Crippen molar-refractivity contribution < 1.29 is 38.6 Å². The molecular formula is C26H36BNO8S. The first-order valence-electron chi connectivity index (χ1n) is 12.8. The zero-order chi connectivity index (χ0) is 27.2. The third-order valence-corrected chi connectivity index (χ3v) is 9.00. The van der Waals surface area contributed by atoms with Crippen LogP contribution < -0.4 is 4.74 Å². The number of aliphatic carboxylic acids is 1. The van der Waals surface area contributed by atoms with Crippen LogP contribution in [0.5, 0.6) is 5.75 Å². The number of carboxylic acid groups (broad SMARTS) is 2. The van der Waals surface area contributed by atoms with Gasteiger partial charge in [-0.1, -0.05) is 24.1 Å². The molecular weight excluding hydrogens is 497 g/mol. The predicted molar refractivity (Wildman–Crippen MR) is 141 cm³/mol. The van der Waals surface area contributed by atoms with E-state index in [2.05, 4.69) is 0 Å². The molecule has 0 spiro atoms. The number of carbonyl (C=O) groups is 2. The lowest BCUT2D eigenvalue weighted by Crippen LogP contribution is -2.59. The van der Waals surface area contributed by atoms with E-state index in [0.717, 1.165) is 10.5 Å². The number of likely N-dealkylation sites (tertiary alicyclic amines) is 1. The number of ether oxygens (including phenoxy) is 2. The molecule has 2 N–H and O–H groups in total. The summed E-state index contributed by atoms with van der Waals surface area (Å²) in [5.41, 5.74) is -2.44. The fraction of sp³-hybridized carbons (Fsp3) is 0.654. The molecule has 0 aromatic heterocycles. The van der Waals surface area contributed by atoms with Crippen molar-refractivity contribution in [3.05, 3.63) is 29.8 Å². The summed E-state index contributed by atoms with van der Waals surface area (Å²) >= 11 is 5.37. The van der Waals surface area contributed by atoms with Crippen molar-refractivity contribution in [2.24, 2.45) is 5.41 Å². The van der Waals surface area contributed by atoms with Crippen molar-refractivity contribution in [3.8, 4) is 5.75 Å². The van der Waals surface area contributed by atoms with Crippen molar-refractivity contribution in [3.63, 3.8) is 0 Å². The van der Waals surface area contributed by atoms with Crippen LogP contribution in [0.25, 0.3) is 0 Å². The SMILES string of the molecule is Cc1ccc(OC(=S)OC2CN(C(=O)O)[C@@]3(C(=O)O)CCC[C@@]23CCCB2OC(C)(C)C(C)(C)O2)cc1. The van der Waals surface area contributed by atoms with Gasteiger partial charge in [0.15, 0.2) is 5.54 Å². The lowest BCUT2D eigenvalue weighted by Gasteiger charge is -2.42. The molecule has 4 rings (SSSR count). The molecule has 202 valence electrons. The van der Waals surface area contributed by atoms with E-state index in [1.54, 1.807) is 12.1 Å². The summed E-state index contributed by atoms with van der Waals surface area (Å²) in [5.74, 6) is -0.658. The number of fused-ring (bicyclic) bond motifs is 1. The summed E-state index contributed by atoms with van der Waals surface area (Å²) in [5, 5.41) is 20.3. The summed E-state index contributed by atoms with van der Waals surface area (Å²) in [4.78, 5) is 26.1. The second-order valence-corrected chi connectivity index (χ2v) is 11.8. The molecule has 3 aliphatic rings. The van der Waals surface area contributed by atoms with Crippen LogP contribution in [0.1, 0.15) is 65.4 Å². The van der Waals surface area contributed by atoms with Crippen molar-refractivity contribution in [1.29, 1.82) is 0 Å². The highest BCUT2D eigenvalue weighted by Gasteiger charge is 2.72. The molecule has 0 bridgehead atoms. The molecule has 3 atom stereocenters. The zero-order valence-electron chi connectivity index (χ0n) is 22.1. The monoisotopic (exact) mass is 533 g/mol. The Labute approximate surface area is 223 Å². The molecule has 11 heteroatoms. The average Bonchev–Trinajstić information content (AvgIpc) is 3.36. The number of hydrogen-bond acceptors (Lipinski definition) is 7. The van der Waals surface area contributed by atoms with Crippen molar-refractivity contribution >= 4 is 36.6 Å². The molecule has 9 nitrogen and oxygen atoms in total. The molecule has 1 amide bonds. The molecule has 37 heavy (non-hydrogen) atoms. The van der Waals surface area contributed by atoms with E-state index in [-0.39, 0.29) is 18.2 Å². The number of hydrogen-bond donors (Lipinski definition) is 2. The van der Waals surface area contributed by atoms with E-state index in [9.17, 15) is 19.8 Å². The highest BCUT2D eigenvalue weighted by molar-refractivity contribution is 7.79. The van der Waals surface area contributed by atoms with Crippen LogP contribution in [-0.2, 0) is 18.8 Å². The zero-order valence-corrected chi connectivity index (χ0v) is 22.9. The maximum absolute atomic E-state index is 12.8. The number of aryl methyl sites for hydroxylation is 1. The van der Waals surface area contributed by atoms with Gasteiger partial charge in [-0.3, -0.25) is 4.90 Å². The third-order valence-electron chi connectivity index (χ3n) is 8.82. The topological polar surface area (TPSA) is 115 Å². The Kier molecular flexibility index (Phi) is 7.28. The minimum absolute atomic E-state index is 0.102. The molecule has 3 fully saturated rings. The van der Waals surface area contributed by atoms with E-state index in [1.165, 1.54) is 0 Å². The summed E-state index contributed by atoms with van der Waals surface area (Å²) in [6.07, 6.45) is 0.790. The molecule has 1 aromatic carbocycles. The van der Waals surface area contributed by atoms with Gasteiger partial charge < -0.3 is 29.0 Å². The molecule has 1 unspecified atom stereocenters. The minimum Gasteiger partial charge on any atom is -0.479 e. The van der Waals surface area contributed by atoms with Crippen molar-refractivity contribution in [1.82, 2.24) is 4.90 Å². The van der Waals surface area contributed by atoms with Gasteiger partial charge in [-0.05, 0) is 78.8 Å². The first-order valence-corrected chi connectivity index (χ1v) is 13.2. The van der Waals surface area contributed by atoms with E-state index < -0.39 is 47.4 Å². The number of nitrogens with zero attached hydrogens (tertiary/aromatic N) is 1. The normalized spacial score (nSPS) is 29.7. The van der Waals surface area contributed by atoms with E-state index >= 15 is 0 Å². The fourth-order valence-corrected chi connectivity index (χ4v) is 6.48. The Bertz CT molecular complexity index is 1050. The molecule has 0 radical (unpaired) electrons. The maximum Gasteiger partial charge on any atom is 0.457 e. The fourth-order valence-electron chi connectivity index (χ4n) is 6.27. The Balaban J connectivity index is 1.56. The van der Waals surface area contributed by atoms with Gasteiger partial charge in [-0.15, -0.1) is 0 Å². The molecule has 1 aromatic rings. The Morgan fingerprint density at radius 3 is 2.30 bits per heavy atom. The van der Waals surface area contributed by atoms with Crippen LogP contribution in [0, 0.1) is 12.3 Å². The summed E-state index contributed by atoms with van der Waals surface area (Å²) in [6.45, 7) is 9.79. The highest BCUT2D eigenvalue weighted by Crippen LogP contribution is 2.60. The van der Waals surface area contributed by atoms with Crippen LogP contribution in [0.3, 0.4) is 0 Å². The first kappa shape index (κ1) is 27.7. The highest BCUT2D eigenvalue weighted by atomic mass is 32.1.